The van der Waals surface area contributed by atoms with Crippen molar-refractivity contribution in [3.8, 4) is 11.5 Å². The molecular formula is C15H12ClN3O2S. The number of hydrazone groups is 1. The Morgan fingerprint density at radius 2 is 2.18 bits per heavy atom. The number of hydrogen-bond acceptors (Lipinski definition) is 6. The van der Waals surface area contributed by atoms with Crippen LogP contribution in [-0.4, -0.2) is 23.4 Å². The van der Waals surface area contributed by atoms with Crippen LogP contribution in [0.5, 0.6) is 11.5 Å². The predicted octanol–water partition coefficient (Wildman–Crippen LogP) is 4.11. The SMILES string of the molecule is COc1cc(Cl)cc(C=NNc2nc3ccccc3s2)c1O. The molecule has 0 spiro atoms. The summed E-state index contributed by atoms with van der Waals surface area (Å²) in [6.45, 7) is 0. The summed E-state index contributed by atoms with van der Waals surface area (Å²) in [7, 11) is 1.46. The number of hydrogen-bond donors (Lipinski definition) is 2. The van der Waals surface area contributed by atoms with Gasteiger partial charge in [-0.05, 0) is 18.2 Å². The Morgan fingerprint density at radius 1 is 1.36 bits per heavy atom. The minimum Gasteiger partial charge on any atom is -0.504 e. The lowest BCUT2D eigenvalue weighted by molar-refractivity contribution is 0.373. The molecule has 0 aliphatic rings. The van der Waals surface area contributed by atoms with Crippen molar-refractivity contribution < 1.29 is 9.84 Å². The Morgan fingerprint density at radius 3 is 2.95 bits per heavy atom. The maximum Gasteiger partial charge on any atom is 0.204 e. The minimum atomic E-state index is -0.0123. The highest BCUT2D eigenvalue weighted by Crippen LogP contribution is 2.32. The lowest BCUT2D eigenvalue weighted by atomic mass is 10.2. The predicted molar refractivity (Wildman–Crippen MR) is 90.5 cm³/mol. The summed E-state index contributed by atoms with van der Waals surface area (Å²) < 4.78 is 6.12. The fourth-order valence-electron chi connectivity index (χ4n) is 1.93. The molecule has 0 radical (unpaired) electrons. The number of phenols is 1. The highest BCUT2D eigenvalue weighted by molar-refractivity contribution is 7.22. The van der Waals surface area contributed by atoms with Crippen LogP contribution in [0.3, 0.4) is 0 Å². The third-order valence-corrected chi connectivity index (χ3v) is 4.11. The van der Waals surface area contributed by atoms with Crippen molar-refractivity contribution in [3.05, 3.63) is 47.0 Å². The second-order valence-corrected chi connectivity index (χ2v) is 5.87. The maximum atomic E-state index is 10.0. The van der Waals surface area contributed by atoms with Gasteiger partial charge in [0.05, 0.1) is 23.5 Å². The van der Waals surface area contributed by atoms with Crippen LogP contribution >= 0.6 is 22.9 Å². The van der Waals surface area contributed by atoms with Gasteiger partial charge in [0.15, 0.2) is 11.5 Å². The van der Waals surface area contributed by atoms with E-state index in [4.69, 9.17) is 16.3 Å². The van der Waals surface area contributed by atoms with E-state index in [1.54, 1.807) is 6.07 Å². The summed E-state index contributed by atoms with van der Waals surface area (Å²) in [6, 6.07) is 11.0. The van der Waals surface area contributed by atoms with Crippen molar-refractivity contribution in [1.29, 1.82) is 0 Å². The van der Waals surface area contributed by atoms with E-state index in [0.29, 0.717) is 21.5 Å². The van der Waals surface area contributed by atoms with E-state index in [9.17, 15) is 5.11 Å². The molecule has 0 saturated heterocycles. The molecule has 112 valence electrons. The number of nitrogens with zero attached hydrogens (tertiary/aromatic N) is 2. The quantitative estimate of drug-likeness (QED) is 0.557. The fourth-order valence-corrected chi connectivity index (χ4v) is 2.96. The standard InChI is InChI=1S/C15H12ClN3O2S/c1-21-12-7-10(16)6-9(14(12)20)8-17-19-15-18-11-4-2-3-5-13(11)22-15/h2-8,20H,1H3,(H,18,19). The van der Waals surface area contributed by atoms with Crippen LogP contribution in [0.1, 0.15) is 5.56 Å². The molecule has 5 nitrogen and oxygen atoms in total. The summed E-state index contributed by atoms with van der Waals surface area (Å²) in [5, 5.41) is 15.2. The van der Waals surface area contributed by atoms with Gasteiger partial charge in [-0.25, -0.2) is 4.98 Å². The molecule has 0 fully saturated rings. The van der Waals surface area contributed by atoms with Crippen LogP contribution in [0.25, 0.3) is 10.2 Å². The van der Waals surface area contributed by atoms with Crippen LogP contribution < -0.4 is 10.2 Å². The smallest absolute Gasteiger partial charge is 0.204 e. The Labute approximate surface area is 135 Å². The van der Waals surface area contributed by atoms with Crippen LogP contribution in [0.15, 0.2) is 41.5 Å². The molecule has 0 atom stereocenters. The molecule has 1 heterocycles. The zero-order valence-corrected chi connectivity index (χ0v) is 13.1. The van der Waals surface area contributed by atoms with Gasteiger partial charge in [0.1, 0.15) is 0 Å². The van der Waals surface area contributed by atoms with E-state index < -0.39 is 0 Å². The van der Waals surface area contributed by atoms with E-state index in [1.807, 2.05) is 24.3 Å². The van der Waals surface area contributed by atoms with Gasteiger partial charge in [0.2, 0.25) is 5.13 Å². The number of phenolic OH excluding ortho intramolecular Hbond substituents is 1. The van der Waals surface area contributed by atoms with Crippen molar-refractivity contribution in [2.75, 3.05) is 12.5 Å². The molecule has 0 bridgehead atoms. The lowest BCUT2D eigenvalue weighted by Crippen LogP contribution is -1.92. The number of aromatic nitrogens is 1. The van der Waals surface area contributed by atoms with Crippen LogP contribution in [0, 0.1) is 0 Å². The van der Waals surface area contributed by atoms with Gasteiger partial charge < -0.3 is 9.84 Å². The molecule has 7 heteroatoms. The number of benzene rings is 2. The van der Waals surface area contributed by atoms with Gasteiger partial charge in [-0.3, -0.25) is 5.43 Å². The fraction of sp³-hybridized carbons (Fsp3) is 0.0667. The summed E-state index contributed by atoms with van der Waals surface area (Å²) in [4.78, 5) is 4.40. The number of nitrogens with one attached hydrogen (secondary N) is 1. The van der Waals surface area contributed by atoms with Crippen molar-refractivity contribution in [3.63, 3.8) is 0 Å². The van der Waals surface area contributed by atoms with Gasteiger partial charge in [-0.2, -0.15) is 5.10 Å². The van der Waals surface area contributed by atoms with E-state index in [0.717, 1.165) is 10.2 Å². The van der Waals surface area contributed by atoms with Crippen molar-refractivity contribution >= 4 is 44.5 Å². The summed E-state index contributed by atoms with van der Waals surface area (Å²) in [5.41, 5.74) is 4.22. The molecule has 0 aliphatic heterocycles. The number of methoxy groups -OCH3 is 1. The molecule has 0 saturated carbocycles. The zero-order valence-electron chi connectivity index (χ0n) is 11.6. The first-order valence-electron chi connectivity index (χ1n) is 6.38. The second-order valence-electron chi connectivity index (χ2n) is 4.40. The number of para-hydroxylation sites is 1. The topological polar surface area (TPSA) is 66.7 Å². The Bertz CT molecular complexity index is 815. The molecule has 0 unspecified atom stereocenters. The molecule has 2 aromatic carbocycles. The number of rotatable bonds is 4. The van der Waals surface area contributed by atoms with E-state index in [-0.39, 0.29) is 5.75 Å². The van der Waals surface area contributed by atoms with E-state index in [2.05, 4.69) is 15.5 Å². The molecular weight excluding hydrogens is 322 g/mol. The van der Waals surface area contributed by atoms with Crippen molar-refractivity contribution in [2.45, 2.75) is 0 Å². The van der Waals surface area contributed by atoms with Crippen LogP contribution in [-0.2, 0) is 0 Å². The minimum absolute atomic E-state index is 0.0123. The Balaban J connectivity index is 1.81. The van der Waals surface area contributed by atoms with Gasteiger partial charge in [-0.1, -0.05) is 35.1 Å². The van der Waals surface area contributed by atoms with Gasteiger partial charge in [0.25, 0.3) is 0 Å². The lowest BCUT2D eigenvalue weighted by Gasteiger charge is -2.06. The van der Waals surface area contributed by atoms with Gasteiger partial charge >= 0.3 is 0 Å². The van der Waals surface area contributed by atoms with Gasteiger partial charge in [-0.15, -0.1) is 0 Å². The maximum absolute atomic E-state index is 10.0. The van der Waals surface area contributed by atoms with E-state index >= 15 is 0 Å². The first-order chi connectivity index (χ1) is 10.7. The first-order valence-corrected chi connectivity index (χ1v) is 7.58. The molecule has 0 amide bonds. The number of anilines is 1. The van der Waals surface area contributed by atoms with Gasteiger partial charge in [0, 0.05) is 16.7 Å². The first kappa shape index (κ1) is 14.6. The summed E-state index contributed by atoms with van der Waals surface area (Å²) >= 11 is 7.46. The number of fused-ring (bicyclic) bond motifs is 1. The molecule has 3 rings (SSSR count). The highest BCUT2D eigenvalue weighted by atomic mass is 35.5. The average molecular weight is 334 g/mol. The molecule has 1 aromatic heterocycles. The second kappa shape index (κ2) is 6.21. The zero-order chi connectivity index (χ0) is 15.5. The molecule has 0 aliphatic carbocycles. The van der Waals surface area contributed by atoms with Crippen LogP contribution in [0.4, 0.5) is 5.13 Å². The van der Waals surface area contributed by atoms with Crippen molar-refractivity contribution in [2.24, 2.45) is 5.10 Å². The number of thiazole rings is 1. The third-order valence-electron chi connectivity index (χ3n) is 2.95. The number of ether oxygens (including phenoxy) is 1. The monoisotopic (exact) mass is 333 g/mol. The third kappa shape index (κ3) is 2.98. The summed E-state index contributed by atoms with van der Waals surface area (Å²) in [6.07, 6.45) is 1.47. The summed E-state index contributed by atoms with van der Waals surface area (Å²) in [5.74, 6) is 0.288. The largest absolute Gasteiger partial charge is 0.504 e. The Hall–Kier alpha value is -2.31. The van der Waals surface area contributed by atoms with Crippen LogP contribution in [0.2, 0.25) is 5.02 Å². The Kier molecular flexibility index (Phi) is 4.13. The normalized spacial score (nSPS) is 11.2. The average Bonchev–Trinajstić information content (AvgIpc) is 2.93. The number of aromatic hydroxyl groups is 1. The highest BCUT2D eigenvalue weighted by Gasteiger charge is 2.08. The molecule has 3 aromatic rings. The van der Waals surface area contributed by atoms with Crippen molar-refractivity contribution in [1.82, 2.24) is 4.98 Å². The molecule has 2 N–H and O–H groups in total. The number of halogens is 1. The van der Waals surface area contributed by atoms with E-state index in [1.165, 1.54) is 30.7 Å². The molecule has 22 heavy (non-hydrogen) atoms.